The molecule has 3 nitrogen and oxygen atoms in total. The van der Waals surface area contributed by atoms with Crippen LogP contribution in [-0.2, 0) is 0 Å². The molecule has 0 heterocycles. The summed E-state index contributed by atoms with van der Waals surface area (Å²) in [4.78, 5) is 2.42. The van der Waals surface area contributed by atoms with Crippen molar-refractivity contribution in [2.75, 3.05) is 32.8 Å². The van der Waals surface area contributed by atoms with Crippen LogP contribution in [0.2, 0.25) is 0 Å². The van der Waals surface area contributed by atoms with E-state index in [9.17, 15) is 0 Å². The fourth-order valence-corrected chi connectivity index (χ4v) is 2.34. The van der Waals surface area contributed by atoms with Crippen molar-refractivity contribution in [1.29, 1.82) is 0 Å². The lowest BCUT2D eigenvalue weighted by molar-refractivity contribution is 0.256. The standard InChI is InChI=1S/C15H25BrN2O/c1-4-18(5-2)12-13(3)17-9-10-19-15-8-6-7-14(16)11-15/h6-8,11,13,17H,4-5,9-10,12H2,1-3H3. The zero-order chi connectivity index (χ0) is 14.1. The largest absolute Gasteiger partial charge is 0.492 e. The average Bonchev–Trinajstić information content (AvgIpc) is 2.41. The van der Waals surface area contributed by atoms with Gasteiger partial charge in [-0.15, -0.1) is 0 Å². The monoisotopic (exact) mass is 328 g/mol. The molecule has 0 aromatic heterocycles. The lowest BCUT2D eigenvalue weighted by atomic mass is 10.3. The van der Waals surface area contributed by atoms with E-state index in [0.29, 0.717) is 12.6 Å². The van der Waals surface area contributed by atoms with Gasteiger partial charge in [0, 0.05) is 23.6 Å². The van der Waals surface area contributed by atoms with Gasteiger partial charge in [0.05, 0.1) is 0 Å². The summed E-state index contributed by atoms with van der Waals surface area (Å²) in [6, 6.07) is 8.43. The summed E-state index contributed by atoms with van der Waals surface area (Å²) in [6.45, 7) is 11.5. The van der Waals surface area contributed by atoms with Gasteiger partial charge in [-0.1, -0.05) is 35.8 Å². The lowest BCUT2D eigenvalue weighted by Gasteiger charge is -2.23. The topological polar surface area (TPSA) is 24.5 Å². The Kier molecular flexibility index (Phi) is 8.10. The highest BCUT2D eigenvalue weighted by Crippen LogP contribution is 2.17. The molecule has 19 heavy (non-hydrogen) atoms. The third kappa shape index (κ3) is 6.95. The molecular formula is C15H25BrN2O. The van der Waals surface area contributed by atoms with E-state index >= 15 is 0 Å². The second-order valence-electron chi connectivity index (χ2n) is 4.65. The van der Waals surface area contributed by atoms with Crippen LogP contribution in [0.4, 0.5) is 0 Å². The van der Waals surface area contributed by atoms with E-state index < -0.39 is 0 Å². The number of nitrogens with one attached hydrogen (secondary N) is 1. The number of hydrogen-bond donors (Lipinski definition) is 1. The van der Waals surface area contributed by atoms with Crippen LogP contribution in [0.1, 0.15) is 20.8 Å². The first kappa shape index (κ1) is 16.5. The maximum Gasteiger partial charge on any atom is 0.120 e. The van der Waals surface area contributed by atoms with Crippen LogP contribution < -0.4 is 10.1 Å². The molecule has 1 atom stereocenters. The van der Waals surface area contributed by atoms with E-state index in [1.54, 1.807) is 0 Å². The van der Waals surface area contributed by atoms with Crippen LogP contribution >= 0.6 is 15.9 Å². The molecule has 1 N–H and O–H groups in total. The smallest absolute Gasteiger partial charge is 0.120 e. The second-order valence-corrected chi connectivity index (χ2v) is 5.56. The summed E-state index contributed by atoms with van der Waals surface area (Å²) in [6.07, 6.45) is 0. The first-order chi connectivity index (χ1) is 9.15. The number of nitrogens with zero attached hydrogens (tertiary/aromatic N) is 1. The number of halogens is 1. The van der Waals surface area contributed by atoms with Crippen LogP contribution in [0.5, 0.6) is 5.75 Å². The van der Waals surface area contributed by atoms with Gasteiger partial charge < -0.3 is 15.0 Å². The van der Waals surface area contributed by atoms with Gasteiger partial charge in [-0.2, -0.15) is 0 Å². The molecule has 0 amide bonds. The first-order valence-corrected chi connectivity index (χ1v) is 7.79. The summed E-state index contributed by atoms with van der Waals surface area (Å²) >= 11 is 3.44. The van der Waals surface area contributed by atoms with Crippen molar-refractivity contribution in [2.45, 2.75) is 26.8 Å². The van der Waals surface area contributed by atoms with Crippen LogP contribution in [0.25, 0.3) is 0 Å². The molecule has 0 aliphatic heterocycles. The Morgan fingerprint density at radius 2 is 2.05 bits per heavy atom. The highest BCUT2D eigenvalue weighted by atomic mass is 79.9. The molecule has 1 aromatic rings. The van der Waals surface area contributed by atoms with Crippen LogP contribution in [0, 0.1) is 0 Å². The molecule has 4 heteroatoms. The van der Waals surface area contributed by atoms with E-state index in [-0.39, 0.29) is 0 Å². The summed E-state index contributed by atoms with van der Waals surface area (Å²) in [5.74, 6) is 0.910. The third-order valence-electron chi connectivity index (χ3n) is 3.09. The number of hydrogen-bond acceptors (Lipinski definition) is 3. The van der Waals surface area contributed by atoms with Gasteiger partial charge in [0.2, 0.25) is 0 Å². The fraction of sp³-hybridized carbons (Fsp3) is 0.600. The molecule has 0 aliphatic carbocycles. The van der Waals surface area contributed by atoms with E-state index in [1.807, 2.05) is 24.3 Å². The van der Waals surface area contributed by atoms with E-state index in [4.69, 9.17) is 4.74 Å². The van der Waals surface area contributed by atoms with Gasteiger partial charge >= 0.3 is 0 Å². The Morgan fingerprint density at radius 3 is 2.68 bits per heavy atom. The Labute approximate surface area is 125 Å². The molecule has 0 saturated carbocycles. The third-order valence-corrected chi connectivity index (χ3v) is 3.58. The van der Waals surface area contributed by atoms with Gasteiger partial charge in [-0.25, -0.2) is 0 Å². The predicted molar refractivity (Wildman–Crippen MR) is 84.9 cm³/mol. The zero-order valence-corrected chi connectivity index (χ0v) is 13.7. The second kappa shape index (κ2) is 9.34. The molecule has 0 spiro atoms. The van der Waals surface area contributed by atoms with E-state index in [1.165, 1.54) is 0 Å². The lowest BCUT2D eigenvalue weighted by Crippen LogP contribution is -2.40. The molecule has 1 rings (SSSR count). The Hall–Kier alpha value is -0.580. The SMILES string of the molecule is CCN(CC)CC(C)NCCOc1cccc(Br)c1. The normalized spacial score (nSPS) is 12.7. The maximum atomic E-state index is 5.69. The van der Waals surface area contributed by atoms with Crippen molar-refractivity contribution in [3.63, 3.8) is 0 Å². The predicted octanol–water partition coefficient (Wildman–Crippen LogP) is 3.15. The minimum atomic E-state index is 0.492. The fourth-order valence-electron chi connectivity index (χ4n) is 1.96. The molecule has 0 saturated heterocycles. The van der Waals surface area contributed by atoms with Crippen LogP contribution in [0.3, 0.4) is 0 Å². The van der Waals surface area contributed by atoms with Gasteiger partial charge in [-0.05, 0) is 38.2 Å². The zero-order valence-electron chi connectivity index (χ0n) is 12.2. The highest BCUT2D eigenvalue weighted by molar-refractivity contribution is 9.10. The number of ether oxygens (including phenoxy) is 1. The summed E-state index contributed by atoms with van der Waals surface area (Å²) in [5.41, 5.74) is 0. The van der Waals surface area contributed by atoms with Crippen molar-refractivity contribution in [2.24, 2.45) is 0 Å². The Bertz CT molecular complexity index is 356. The molecule has 0 bridgehead atoms. The quantitative estimate of drug-likeness (QED) is 0.705. The summed E-state index contributed by atoms with van der Waals surface area (Å²) in [5, 5.41) is 3.49. The minimum Gasteiger partial charge on any atom is -0.492 e. The van der Waals surface area contributed by atoms with Crippen molar-refractivity contribution in [1.82, 2.24) is 10.2 Å². The first-order valence-electron chi connectivity index (χ1n) is 6.99. The summed E-state index contributed by atoms with van der Waals surface area (Å²) < 4.78 is 6.74. The van der Waals surface area contributed by atoms with Crippen molar-refractivity contribution < 1.29 is 4.74 Å². The van der Waals surface area contributed by atoms with Gasteiger partial charge in [-0.3, -0.25) is 0 Å². The Morgan fingerprint density at radius 1 is 1.32 bits per heavy atom. The summed E-state index contributed by atoms with van der Waals surface area (Å²) in [7, 11) is 0. The van der Waals surface area contributed by atoms with Crippen LogP contribution in [0.15, 0.2) is 28.7 Å². The number of benzene rings is 1. The van der Waals surface area contributed by atoms with Crippen molar-refractivity contribution in [3.8, 4) is 5.75 Å². The van der Waals surface area contributed by atoms with E-state index in [2.05, 4.69) is 46.9 Å². The van der Waals surface area contributed by atoms with Crippen molar-refractivity contribution >= 4 is 15.9 Å². The molecule has 1 aromatic carbocycles. The number of likely N-dealkylation sites (N-methyl/N-ethyl adjacent to an activating group) is 1. The molecular weight excluding hydrogens is 304 g/mol. The highest BCUT2D eigenvalue weighted by Gasteiger charge is 2.05. The molecule has 0 fully saturated rings. The average molecular weight is 329 g/mol. The molecule has 1 unspecified atom stereocenters. The molecule has 0 radical (unpaired) electrons. The van der Waals surface area contributed by atoms with E-state index in [0.717, 1.165) is 36.4 Å². The minimum absolute atomic E-state index is 0.492. The Balaban J connectivity index is 2.16. The van der Waals surface area contributed by atoms with Gasteiger partial charge in [0.1, 0.15) is 12.4 Å². The number of rotatable bonds is 9. The van der Waals surface area contributed by atoms with Gasteiger partial charge in [0.25, 0.3) is 0 Å². The van der Waals surface area contributed by atoms with Gasteiger partial charge in [0.15, 0.2) is 0 Å². The molecule has 108 valence electrons. The van der Waals surface area contributed by atoms with Crippen LogP contribution in [-0.4, -0.2) is 43.7 Å². The molecule has 0 aliphatic rings. The maximum absolute atomic E-state index is 5.69. The van der Waals surface area contributed by atoms with Crippen molar-refractivity contribution in [3.05, 3.63) is 28.7 Å².